The highest BCUT2D eigenvalue weighted by Crippen LogP contribution is 2.31. The lowest BCUT2D eigenvalue weighted by Crippen LogP contribution is -1.90. The molecule has 0 radical (unpaired) electrons. The largest absolute Gasteiger partial charge is 0.323 e. The Hall–Kier alpha value is -2.62. The van der Waals surface area contributed by atoms with E-state index in [0.29, 0.717) is 5.56 Å². The standard InChI is InChI=1S/C15H12N2O2/c1-11-5-4-8-16-10-12(9-15(11)16)13-6-2-3-7-14(13)17(18)19/h2-10H,1H3. The van der Waals surface area contributed by atoms with Gasteiger partial charge in [0.05, 0.1) is 10.5 Å². The van der Waals surface area contributed by atoms with Crippen LogP contribution in [-0.4, -0.2) is 9.32 Å². The van der Waals surface area contributed by atoms with Crippen LogP contribution in [0.2, 0.25) is 0 Å². The van der Waals surface area contributed by atoms with E-state index in [9.17, 15) is 10.1 Å². The summed E-state index contributed by atoms with van der Waals surface area (Å²) in [6.07, 6.45) is 3.87. The number of para-hydroxylation sites is 1. The molecule has 4 nitrogen and oxygen atoms in total. The zero-order chi connectivity index (χ0) is 13.4. The zero-order valence-electron chi connectivity index (χ0n) is 10.4. The van der Waals surface area contributed by atoms with Crippen molar-refractivity contribution < 1.29 is 4.92 Å². The van der Waals surface area contributed by atoms with Crippen molar-refractivity contribution in [2.75, 3.05) is 0 Å². The molecule has 3 aromatic rings. The summed E-state index contributed by atoms with van der Waals surface area (Å²) >= 11 is 0. The predicted octanol–water partition coefficient (Wildman–Crippen LogP) is 3.82. The van der Waals surface area contributed by atoms with Crippen LogP contribution in [0.3, 0.4) is 0 Å². The van der Waals surface area contributed by atoms with Crippen molar-refractivity contribution >= 4 is 11.2 Å². The fourth-order valence-corrected chi connectivity index (χ4v) is 2.31. The predicted molar refractivity (Wildman–Crippen MR) is 74.2 cm³/mol. The average molecular weight is 252 g/mol. The third-order valence-corrected chi connectivity index (χ3v) is 3.26. The van der Waals surface area contributed by atoms with Gasteiger partial charge in [-0.25, -0.2) is 0 Å². The van der Waals surface area contributed by atoms with Crippen LogP contribution in [0.15, 0.2) is 54.9 Å². The lowest BCUT2D eigenvalue weighted by atomic mass is 10.1. The summed E-state index contributed by atoms with van der Waals surface area (Å²) in [5.74, 6) is 0. The van der Waals surface area contributed by atoms with Crippen molar-refractivity contribution in [1.29, 1.82) is 0 Å². The Kier molecular flexibility index (Phi) is 2.56. The highest BCUT2D eigenvalue weighted by atomic mass is 16.6. The van der Waals surface area contributed by atoms with E-state index < -0.39 is 0 Å². The first-order valence-corrected chi connectivity index (χ1v) is 5.98. The molecule has 0 aliphatic carbocycles. The van der Waals surface area contributed by atoms with Crippen molar-refractivity contribution in [3.8, 4) is 11.1 Å². The van der Waals surface area contributed by atoms with Gasteiger partial charge in [-0.15, -0.1) is 0 Å². The molecular weight excluding hydrogens is 240 g/mol. The Labute approximate surface area is 110 Å². The molecule has 0 aliphatic rings. The van der Waals surface area contributed by atoms with Crippen LogP contribution >= 0.6 is 0 Å². The molecule has 0 saturated heterocycles. The summed E-state index contributed by atoms with van der Waals surface area (Å²) in [6.45, 7) is 2.03. The quantitative estimate of drug-likeness (QED) is 0.514. The number of nitro benzene ring substituents is 1. The summed E-state index contributed by atoms with van der Waals surface area (Å²) < 4.78 is 1.99. The topological polar surface area (TPSA) is 47.5 Å². The Bertz CT molecular complexity index is 775. The first-order chi connectivity index (χ1) is 9.16. The number of hydrogen-bond acceptors (Lipinski definition) is 2. The Balaban J connectivity index is 2.25. The van der Waals surface area contributed by atoms with E-state index in [4.69, 9.17) is 0 Å². The number of aryl methyl sites for hydroxylation is 1. The molecule has 0 fully saturated rings. The molecule has 0 saturated carbocycles. The molecular formula is C15H12N2O2. The van der Waals surface area contributed by atoms with Crippen molar-refractivity contribution in [2.45, 2.75) is 6.92 Å². The van der Waals surface area contributed by atoms with Gasteiger partial charge >= 0.3 is 0 Å². The summed E-state index contributed by atoms with van der Waals surface area (Å²) in [5.41, 5.74) is 3.86. The minimum absolute atomic E-state index is 0.135. The number of pyridine rings is 1. The SMILES string of the molecule is Cc1cccn2cc(-c3ccccc3[N+](=O)[O-])cc12. The molecule has 3 rings (SSSR count). The Morgan fingerprint density at radius 3 is 2.68 bits per heavy atom. The Morgan fingerprint density at radius 2 is 1.95 bits per heavy atom. The molecule has 0 aliphatic heterocycles. The van der Waals surface area contributed by atoms with Gasteiger partial charge in [0.2, 0.25) is 0 Å². The van der Waals surface area contributed by atoms with Gasteiger partial charge in [-0.3, -0.25) is 10.1 Å². The normalized spacial score (nSPS) is 10.8. The number of hydrogen-bond donors (Lipinski definition) is 0. The number of nitrogens with zero attached hydrogens (tertiary/aromatic N) is 2. The average Bonchev–Trinajstić information content (AvgIpc) is 2.84. The van der Waals surface area contributed by atoms with E-state index in [-0.39, 0.29) is 10.6 Å². The van der Waals surface area contributed by atoms with Crippen LogP contribution in [0.25, 0.3) is 16.6 Å². The smallest absolute Gasteiger partial charge is 0.277 e. The second kappa shape index (κ2) is 4.24. The molecule has 0 N–H and O–H groups in total. The van der Waals surface area contributed by atoms with Crippen molar-refractivity contribution in [3.63, 3.8) is 0 Å². The van der Waals surface area contributed by atoms with Crippen molar-refractivity contribution in [1.82, 2.24) is 4.40 Å². The highest BCUT2D eigenvalue weighted by Gasteiger charge is 2.15. The maximum Gasteiger partial charge on any atom is 0.277 e. The number of aromatic nitrogens is 1. The molecule has 0 atom stereocenters. The molecule has 19 heavy (non-hydrogen) atoms. The van der Waals surface area contributed by atoms with Gasteiger partial charge < -0.3 is 4.40 Å². The van der Waals surface area contributed by atoms with E-state index >= 15 is 0 Å². The monoisotopic (exact) mass is 252 g/mol. The fourth-order valence-electron chi connectivity index (χ4n) is 2.31. The van der Waals surface area contributed by atoms with E-state index in [1.54, 1.807) is 12.1 Å². The summed E-state index contributed by atoms with van der Waals surface area (Å²) in [4.78, 5) is 10.7. The van der Waals surface area contributed by atoms with Crippen LogP contribution in [0, 0.1) is 17.0 Å². The molecule has 0 unspecified atom stereocenters. The number of nitro groups is 1. The molecule has 2 aromatic heterocycles. The number of benzene rings is 1. The van der Waals surface area contributed by atoms with Crippen LogP contribution in [0.1, 0.15) is 5.56 Å². The lowest BCUT2D eigenvalue weighted by molar-refractivity contribution is -0.384. The van der Waals surface area contributed by atoms with Gasteiger partial charge in [0.15, 0.2) is 0 Å². The van der Waals surface area contributed by atoms with Gasteiger partial charge in [0.1, 0.15) is 0 Å². The van der Waals surface area contributed by atoms with Gasteiger partial charge in [-0.05, 0) is 30.7 Å². The number of fused-ring (bicyclic) bond motifs is 1. The van der Waals surface area contributed by atoms with Gasteiger partial charge in [-0.1, -0.05) is 18.2 Å². The molecule has 0 amide bonds. The third kappa shape index (κ3) is 1.87. The molecule has 2 heterocycles. The second-order valence-electron chi connectivity index (χ2n) is 4.49. The highest BCUT2D eigenvalue weighted by molar-refractivity contribution is 5.78. The molecule has 1 aromatic carbocycles. The third-order valence-electron chi connectivity index (χ3n) is 3.26. The summed E-state index contributed by atoms with van der Waals surface area (Å²) in [6, 6.07) is 12.8. The van der Waals surface area contributed by atoms with Crippen LogP contribution in [-0.2, 0) is 0 Å². The number of rotatable bonds is 2. The molecule has 0 spiro atoms. The van der Waals surface area contributed by atoms with Gasteiger partial charge in [0.25, 0.3) is 5.69 Å². The summed E-state index contributed by atoms with van der Waals surface area (Å²) in [5, 5.41) is 11.1. The summed E-state index contributed by atoms with van der Waals surface area (Å²) in [7, 11) is 0. The van der Waals surface area contributed by atoms with E-state index in [0.717, 1.165) is 16.6 Å². The Morgan fingerprint density at radius 1 is 1.16 bits per heavy atom. The van der Waals surface area contributed by atoms with Crippen LogP contribution in [0.5, 0.6) is 0 Å². The van der Waals surface area contributed by atoms with Crippen molar-refractivity contribution in [2.24, 2.45) is 0 Å². The van der Waals surface area contributed by atoms with Crippen molar-refractivity contribution in [3.05, 3.63) is 70.5 Å². The minimum Gasteiger partial charge on any atom is -0.323 e. The van der Waals surface area contributed by atoms with Crippen LogP contribution < -0.4 is 0 Å². The van der Waals surface area contributed by atoms with Gasteiger partial charge in [-0.2, -0.15) is 0 Å². The minimum atomic E-state index is -0.343. The maximum atomic E-state index is 11.1. The van der Waals surface area contributed by atoms with E-state index in [1.807, 2.05) is 48.0 Å². The second-order valence-corrected chi connectivity index (χ2v) is 4.49. The zero-order valence-corrected chi connectivity index (χ0v) is 10.4. The first kappa shape index (κ1) is 11.5. The fraction of sp³-hybridized carbons (Fsp3) is 0.0667. The van der Waals surface area contributed by atoms with E-state index in [2.05, 4.69) is 0 Å². The first-order valence-electron chi connectivity index (χ1n) is 5.98. The maximum absolute atomic E-state index is 11.1. The lowest BCUT2D eigenvalue weighted by Gasteiger charge is -1.98. The van der Waals surface area contributed by atoms with Crippen LogP contribution in [0.4, 0.5) is 5.69 Å². The molecule has 0 bridgehead atoms. The molecule has 4 heteroatoms. The van der Waals surface area contributed by atoms with E-state index in [1.165, 1.54) is 6.07 Å². The molecule has 94 valence electrons. The van der Waals surface area contributed by atoms with Gasteiger partial charge in [0, 0.05) is 29.5 Å².